The number of ether oxygens (including phenoxy) is 1. The molecule has 1 aliphatic rings. The van der Waals surface area contributed by atoms with Gasteiger partial charge in [0.2, 0.25) is 0 Å². The summed E-state index contributed by atoms with van der Waals surface area (Å²) in [4.78, 5) is 31.4. The smallest absolute Gasteiger partial charge is 0.295 e. The maximum absolute atomic E-state index is 13.0. The van der Waals surface area contributed by atoms with Gasteiger partial charge in [-0.15, -0.1) is 0 Å². The SMILES string of the molecule is CCCN1C(=O)C(=O)/C(=C(/O)c2cc(C(C)(C)C)ccc2OC)C1c1cccnc1. The fourth-order valence-electron chi connectivity index (χ4n) is 3.74. The van der Waals surface area contributed by atoms with Crippen LogP contribution >= 0.6 is 0 Å². The number of hydrogen-bond donors (Lipinski definition) is 1. The highest BCUT2D eigenvalue weighted by Crippen LogP contribution is 2.41. The molecule has 0 spiro atoms. The summed E-state index contributed by atoms with van der Waals surface area (Å²) in [5.74, 6) is -1.10. The van der Waals surface area contributed by atoms with Crippen LogP contribution in [0.15, 0.2) is 48.3 Å². The number of amides is 1. The number of hydrogen-bond acceptors (Lipinski definition) is 5. The Bertz CT molecular complexity index is 990. The molecular weight excluding hydrogens is 380 g/mol. The average molecular weight is 408 g/mol. The van der Waals surface area contributed by atoms with E-state index in [1.165, 1.54) is 12.0 Å². The minimum Gasteiger partial charge on any atom is -0.507 e. The summed E-state index contributed by atoms with van der Waals surface area (Å²) in [6.07, 6.45) is 3.94. The Morgan fingerprint density at radius 2 is 1.97 bits per heavy atom. The standard InChI is InChI=1S/C24H28N2O4/c1-6-12-26-20(15-8-7-11-25-14-15)19(22(28)23(26)29)21(27)17-13-16(24(2,3)4)9-10-18(17)30-5/h7-11,13-14,20,27H,6,12H2,1-5H3/b21-19+. The molecule has 1 saturated heterocycles. The molecule has 0 radical (unpaired) electrons. The molecule has 0 saturated carbocycles. The number of methoxy groups -OCH3 is 1. The predicted molar refractivity (Wildman–Crippen MR) is 115 cm³/mol. The molecule has 2 heterocycles. The minimum absolute atomic E-state index is 0.0609. The third-order valence-electron chi connectivity index (χ3n) is 5.33. The number of likely N-dealkylation sites (tertiary alicyclic amines) is 1. The van der Waals surface area contributed by atoms with Crippen LogP contribution in [0.3, 0.4) is 0 Å². The molecule has 0 bridgehead atoms. The first-order valence-electron chi connectivity index (χ1n) is 10.1. The summed E-state index contributed by atoms with van der Waals surface area (Å²) >= 11 is 0. The maximum Gasteiger partial charge on any atom is 0.295 e. The molecule has 2 aromatic rings. The fraction of sp³-hybridized carbons (Fsp3) is 0.375. The van der Waals surface area contributed by atoms with Gasteiger partial charge in [-0.25, -0.2) is 0 Å². The maximum atomic E-state index is 13.0. The monoisotopic (exact) mass is 408 g/mol. The third-order valence-corrected chi connectivity index (χ3v) is 5.33. The summed E-state index contributed by atoms with van der Waals surface area (Å²) in [5, 5.41) is 11.3. The lowest BCUT2D eigenvalue weighted by atomic mass is 9.85. The lowest BCUT2D eigenvalue weighted by Gasteiger charge is -2.25. The molecule has 1 aromatic heterocycles. The number of rotatable bonds is 5. The van der Waals surface area contributed by atoms with Crippen LogP contribution in [0.5, 0.6) is 5.75 Å². The number of aliphatic hydroxyl groups excluding tert-OH is 1. The Balaban J connectivity index is 2.26. The molecule has 3 rings (SSSR count). The molecule has 1 amide bonds. The molecule has 1 aromatic carbocycles. The zero-order chi connectivity index (χ0) is 22.1. The first-order valence-corrected chi connectivity index (χ1v) is 10.1. The highest BCUT2D eigenvalue weighted by Gasteiger charge is 2.46. The van der Waals surface area contributed by atoms with Gasteiger partial charge in [0.1, 0.15) is 11.5 Å². The van der Waals surface area contributed by atoms with Crippen molar-refractivity contribution in [3.63, 3.8) is 0 Å². The molecule has 1 N–H and O–H groups in total. The molecule has 6 heteroatoms. The van der Waals surface area contributed by atoms with E-state index in [0.717, 1.165) is 5.56 Å². The van der Waals surface area contributed by atoms with E-state index in [-0.39, 0.29) is 16.7 Å². The van der Waals surface area contributed by atoms with Crippen molar-refractivity contribution in [2.45, 2.75) is 45.6 Å². The molecule has 6 nitrogen and oxygen atoms in total. The van der Waals surface area contributed by atoms with Crippen molar-refractivity contribution in [1.29, 1.82) is 0 Å². The third kappa shape index (κ3) is 3.82. The van der Waals surface area contributed by atoms with Gasteiger partial charge in [-0.1, -0.05) is 39.8 Å². The van der Waals surface area contributed by atoms with Gasteiger partial charge < -0.3 is 14.7 Å². The molecule has 30 heavy (non-hydrogen) atoms. The van der Waals surface area contributed by atoms with Gasteiger partial charge in [0, 0.05) is 18.9 Å². The largest absolute Gasteiger partial charge is 0.507 e. The zero-order valence-electron chi connectivity index (χ0n) is 18.1. The van der Waals surface area contributed by atoms with Gasteiger partial charge >= 0.3 is 0 Å². The number of aliphatic hydroxyl groups is 1. The Hall–Kier alpha value is -3.15. The van der Waals surface area contributed by atoms with Crippen LogP contribution in [0.1, 0.15) is 56.8 Å². The van der Waals surface area contributed by atoms with Crippen molar-refractivity contribution in [3.8, 4) is 5.75 Å². The number of aromatic nitrogens is 1. The van der Waals surface area contributed by atoms with E-state index in [2.05, 4.69) is 25.8 Å². The Morgan fingerprint density at radius 1 is 1.23 bits per heavy atom. The van der Waals surface area contributed by atoms with E-state index >= 15 is 0 Å². The van der Waals surface area contributed by atoms with Gasteiger partial charge in [0.15, 0.2) is 0 Å². The molecule has 1 atom stereocenters. The highest BCUT2D eigenvalue weighted by atomic mass is 16.5. The van der Waals surface area contributed by atoms with E-state index in [9.17, 15) is 14.7 Å². The van der Waals surface area contributed by atoms with Crippen LogP contribution in [0.4, 0.5) is 0 Å². The van der Waals surface area contributed by atoms with Gasteiger partial charge in [0.25, 0.3) is 11.7 Å². The van der Waals surface area contributed by atoms with Gasteiger partial charge in [-0.2, -0.15) is 0 Å². The van der Waals surface area contributed by atoms with Crippen molar-refractivity contribution in [2.24, 2.45) is 0 Å². The normalized spacial score (nSPS) is 18.7. The summed E-state index contributed by atoms with van der Waals surface area (Å²) in [6, 6.07) is 8.40. The van der Waals surface area contributed by atoms with Crippen LogP contribution in [-0.2, 0) is 15.0 Å². The van der Waals surface area contributed by atoms with E-state index in [4.69, 9.17) is 4.74 Å². The van der Waals surface area contributed by atoms with Crippen LogP contribution in [0.2, 0.25) is 0 Å². The second-order valence-corrected chi connectivity index (χ2v) is 8.44. The first-order chi connectivity index (χ1) is 14.2. The molecular formula is C24H28N2O4. The number of carbonyl (C=O) groups excluding carboxylic acids is 2. The van der Waals surface area contributed by atoms with E-state index in [0.29, 0.717) is 29.8 Å². The Morgan fingerprint density at radius 3 is 2.53 bits per heavy atom. The van der Waals surface area contributed by atoms with Gasteiger partial charge in [-0.05, 0) is 41.2 Å². The van der Waals surface area contributed by atoms with Gasteiger partial charge in [-0.3, -0.25) is 14.6 Å². The average Bonchev–Trinajstić information content (AvgIpc) is 2.98. The lowest BCUT2D eigenvalue weighted by molar-refractivity contribution is -0.139. The fourth-order valence-corrected chi connectivity index (χ4v) is 3.74. The molecule has 0 aliphatic carbocycles. The van der Waals surface area contributed by atoms with Gasteiger partial charge in [0.05, 0.1) is 24.3 Å². The quantitative estimate of drug-likeness (QED) is 0.455. The minimum atomic E-state index is -0.696. The molecule has 1 fully saturated rings. The Kier molecular flexibility index (Phi) is 5.97. The molecule has 158 valence electrons. The number of Topliss-reactive ketones (excluding diaryl/α,β-unsaturated/α-hetero) is 1. The van der Waals surface area contributed by atoms with Crippen LogP contribution in [0, 0.1) is 0 Å². The molecule has 1 unspecified atom stereocenters. The number of ketones is 1. The number of carbonyl (C=O) groups is 2. The summed E-state index contributed by atoms with van der Waals surface area (Å²) in [7, 11) is 1.51. The van der Waals surface area contributed by atoms with E-state index < -0.39 is 17.7 Å². The van der Waals surface area contributed by atoms with Crippen LogP contribution in [-0.4, -0.2) is 40.3 Å². The molecule has 1 aliphatic heterocycles. The van der Waals surface area contributed by atoms with Crippen molar-refractivity contribution in [3.05, 3.63) is 65.0 Å². The second kappa shape index (κ2) is 8.30. The highest BCUT2D eigenvalue weighted by molar-refractivity contribution is 6.46. The van der Waals surface area contributed by atoms with Crippen molar-refractivity contribution in [2.75, 3.05) is 13.7 Å². The second-order valence-electron chi connectivity index (χ2n) is 8.44. The zero-order valence-corrected chi connectivity index (χ0v) is 18.1. The number of pyridine rings is 1. The van der Waals surface area contributed by atoms with Crippen molar-refractivity contribution in [1.82, 2.24) is 9.88 Å². The van der Waals surface area contributed by atoms with Crippen molar-refractivity contribution < 1.29 is 19.4 Å². The summed E-state index contributed by atoms with van der Waals surface area (Å²) in [6.45, 7) is 8.53. The number of benzene rings is 1. The topological polar surface area (TPSA) is 79.7 Å². The number of nitrogens with zero attached hydrogens (tertiary/aromatic N) is 2. The van der Waals surface area contributed by atoms with Crippen LogP contribution in [0.25, 0.3) is 5.76 Å². The van der Waals surface area contributed by atoms with Crippen LogP contribution < -0.4 is 4.74 Å². The predicted octanol–water partition coefficient (Wildman–Crippen LogP) is 4.22. The lowest BCUT2D eigenvalue weighted by Crippen LogP contribution is -2.30. The van der Waals surface area contributed by atoms with E-state index in [1.807, 2.05) is 25.1 Å². The van der Waals surface area contributed by atoms with Crippen molar-refractivity contribution >= 4 is 17.4 Å². The van der Waals surface area contributed by atoms with E-state index in [1.54, 1.807) is 24.5 Å². The summed E-state index contributed by atoms with van der Waals surface area (Å²) in [5.41, 5.74) is 1.95. The Labute approximate surface area is 177 Å². The summed E-state index contributed by atoms with van der Waals surface area (Å²) < 4.78 is 5.45. The first kappa shape index (κ1) is 21.6.